The van der Waals surface area contributed by atoms with E-state index in [1.165, 1.54) is 51.6 Å². The van der Waals surface area contributed by atoms with Crippen molar-refractivity contribution < 1.29 is 0 Å². The van der Waals surface area contributed by atoms with Crippen LogP contribution in [0, 0.1) is 0 Å². The summed E-state index contributed by atoms with van der Waals surface area (Å²) in [6.45, 7) is 2.63. The molecular weight excluding hydrogens is 216 g/mol. The van der Waals surface area contributed by atoms with E-state index in [2.05, 4.69) is 35.3 Å². The normalized spacial score (nSPS) is 34.1. The molecule has 0 radical (unpaired) electrons. The molecule has 1 heterocycles. The Balaban J connectivity index is 1.86. The molecule has 2 rings (SSSR count). The molecule has 0 aromatic heterocycles. The van der Waals surface area contributed by atoms with Gasteiger partial charge < -0.3 is 5.32 Å². The number of thioether (sulfide) groups is 1. The van der Waals surface area contributed by atoms with Gasteiger partial charge in [-0.15, -0.1) is 0 Å². The Morgan fingerprint density at radius 1 is 1.06 bits per heavy atom. The third-order valence-electron chi connectivity index (χ3n) is 4.38. The molecule has 1 aliphatic carbocycles. The summed E-state index contributed by atoms with van der Waals surface area (Å²) in [6, 6.07) is 1.65. The molecule has 2 fully saturated rings. The standard InChI is InChI=1S/C13H26N2S/c1-14-11-7-9-15(10-8-11)12-5-3-4-6-13(12)16-2/h11-14H,3-10H2,1-2H3. The molecule has 0 aromatic carbocycles. The highest BCUT2D eigenvalue weighted by atomic mass is 32.2. The zero-order valence-electron chi connectivity index (χ0n) is 10.7. The maximum absolute atomic E-state index is 3.42. The second-order valence-corrected chi connectivity index (χ2v) is 6.30. The number of nitrogens with zero attached hydrogens (tertiary/aromatic N) is 1. The molecule has 0 amide bonds. The van der Waals surface area contributed by atoms with Gasteiger partial charge in [-0.2, -0.15) is 11.8 Å². The third kappa shape index (κ3) is 2.93. The van der Waals surface area contributed by atoms with Crippen LogP contribution in [-0.2, 0) is 0 Å². The maximum atomic E-state index is 3.42. The van der Waals surface area contributed by atoms with Gasteiger partial charge in [-0.25, -0.2) is 0 Å². The van der Waals surface area contributed by atoms with Gasteiger partial charge in [-0.05, 0) is 52.1 Å². The van der Waals surface area contributed by atoms with Gasteiger partial charge in [0.25, 0.3) is 0 Å². The van der Waals surface area contributed by atoms with Crippen molar-refractivity contribution in [3.05, 3.63) is 0 Å². The summed E-state index contributed by atoms with van der Waals surface area (Å²) < 4.78 is 0. The van der Waals surface area contributed by atoms with Crippen LogP contribution in [-0.4, -0.2) is 48.6 Å². The highest BCUT2D eigenvalue weighted by molar-refractivity contribution is 7.99. The van der Waals surface area contributed by atoms with Crippen LogP contribution in [0.4, 0.5) is 0 Å². The molecule has 94 valence electrons. The fourth-order valence-electron chi connectivity index (χ4n) is 3.29. The Bertz CT molecular complexity index is 202. The molecule has 0 bridgehead atoms. The van der Waals surface area contributed by atoms with E-state index < -0.39 is 0 Å². The molecule has 1 N–H and O–H groups in total. The summed E-state index contributed by atoms with van der Waals surface area (Å²) in [7, 11) is 2.10. The Kier molecular flexibility index (Phi) is 4.98. The van der Waals surface area contributed by atoms with Crippen molar-refractivity contribution in [3.63, 3.8) is 0 Å². The smallest absolute Gasteiger partial charge is 0.0214 e. The van der Waals surface area contributed by atoms with Crippen LogP contribution >= 0.6 is 11.8 Å². The quantitative estimate of drug-likeness (QED) is 0.818. The molecule has 2 atom stereocenters. The highest BCUT2D eigenvalue weighted by Gasteiger charge is 2.31. The number of hydrogen-bond acceptors (Lipinski definition) is 3. The lowest BCUT2D eigenvalue weighted by molar-refractivity contribution is 0.122. The summed E-state index contributed by atoms with van der Waals surface area (Å²) in [5, 5.41) is 4.32. The lowest BCUT2D eigenvalue weighted by Crippen LogP contribution is -2.50. The predicted molar refractivity (Wildman–Crippen MR) is 73.2 cm³/mol. The van der Waals surface area contributed by atoms with E-state index in [0.717, 1.165) is 17.3 Å². The molecule has 3 heteroatoms. The number of hydrogen-bond donors (Lipinski definition) is 1. The van der Waals surface area contributed by atoms with E-state index in [9.17, 15) is 0 Å². The number of rotatable bonds is 3. The molecule has 2 unspecified atom stereocenters. The number of nitrogens with one attached hydrogen (secondary N) is 1. The third-order valence-corrected chi connectivity index (χ3v) is 5.53. The van der Waals surface area contributed by atoms with Crippen molar-refractivity contribution in [1.29, 1.82) is 0 Å². The fourth-order valence-corrected chi connectivity index (χ4v) is 4.31. The molecule has 1 saturated carbocycles. The van der Waals surface area contributed by atoms with Gasteiger partial charge in [0.1, 0.15) is 0 Å². The lowest BCUT2D eigenvalue weighted by atomic mass is 9.91. The Morgan fingerprint density at radius 3 is 2.38 bits per heavy atom. The Hall–Kier alpha value is 0.270. The second kappa shape index (κ2) is 6.27. The monoisotopic (exact) mass is 242 g/mol. The van der Waals surface area contributed by atoms with Gasteiger partial charge in [-0.1, -0.05) is 12.8 Å². The fraction of sp³-hybridized carbons (Fsp3) is 1.00. The summed E-state index contributed by atoms with van der Waals surface area (Å²) in [5.41, 5.74) is 0. The summed E-state index contributed by atoms with van der Waals surface area (Å²) in [4.78, 5) is 2.77. The van der Waals surface area contributed by atoms with Gasteiger partial charge in [0.2, 0.25) is 0 Å². The number of likely N-dealkylation sites (tertiary alicyclic amines) is 1. The first kappa shape index (κ1) is 12.7. The van der Waals surface area contributed by atoms with Crippen LogP contribution in [0.15, 0.2) is 0 Å². The minimum absolute atomic E-state index is 0.771. The van der Waals surface area contributed by atoms with Crippen LogP contribution < -0.4 is 5.32 Å². The van der Waals surface area contributed by atoms with E-state index >= 15 is 0 Å². The van der Waals surface area contributed by atoms with Crippen molar-refractivity contribution in [1.82, 2.24) is 10.2 Å². The van der Waals surface area contributed by atoms with Crippen molar-refractivity contribution >= 4 is 11.8 Å². The Labute approximate surface area is 105 Å². The zero-order valence-corrected chi connectivity index (χ0v) is 11.6. The van der Waals surface area contributed by atoms with E-state index in [-0.39, 0.29) is 0 Å². The van der Waals surface area contributed by atoms with Crippen LogP contribution in [0.25, 0.3) is 0 Å². The summed E-state index contributed by atoms with van der Waals surface area (Å²) in [6.07, 6.45) is 10.8. The lowest BCUT2D eigenvalue weighted by Gasteiger charge is -2.42. The zero-order chi connectivity index (χ0) is 11.4. The van der Waals surface area contributed by atoms with E-state index in [4.69, 9.17) is 0 Å². The average Bonchev–Trinajstić information content (AvgIpc) is 2.39. The Morgan fingerprint density at radius 2 is 1.75 bits per heavy atom. The van der Waals surface area contributed by atoms with E-state index in [1.807, 2.05) is 0 Å². The van der Waals surface area contributed by atoms with E-state index in [1.54, 1.807) is 0 Å². The van der Waals surface area contributed by atoms with Gasteiger partial charge >= 0.3 is 0 Å². The van der Waals surface area contributed by atoms with Gasteiger partial charge in [0.05, 0.1) is 0 Å². The molecule has 1 saturated heterocycles. The first-order valence-electron chi connectivity index (χ1n) is 6.79. The first-order chi connectivity index (χ1) is 7.85. The molecule has 1 aliphatic heterocycles. The minimum Gasteiger partial charge on any atom is -0.317 e. The van der Waals surface area contributed by atoms with E-state index in [0.29, 0.717) is 0 Å². The molecule has 0 spiro atoms. The second-order valence-electron chi connectivity index (χ2n) is 5.22. The highest BCUT2D eigenvalue weighted by Crippen LogP contribution is 2.32. The van der Waals surface area contributed by atoms with Crippen molar-refractivity contribution in [2.75, 3.05) is 26.4 Å². The average molecular weight is 242 g/mol. The van der Waals surface area contributed by atoms with Crippen molar-refractivity contribution in [2.24, 2.45) is 0 Å². The largest absolute Gasteiger partial charge is 0.317 e. The van der Waals surface area contributed by atoms with Crippen molar-refractivity contribution in [3.8, 4) is 0 Å². The van der Waals surface area contributed by atoms with Gasteiger partial charge in [0.15, 0.2) is 0 Å². The summed E-state index contributed by atoms with van der Waals surface area (Å²) >= 11 is 2.10. The molecule has 0 aromatic rings. The molecule has 16 heavy (non-hydrogen) atoms. The maximum Gasteiger partial charge on any atom is 0.0214 e. The van der Waals surface area contributed by atoms with Crippen LogP contribution in [0.1, 0.15) is 38.5 Å². The molecule has 2 aliphatic rings. The molecular formula is C13H26N2S. The SMILES string of the molecule is CNC1CCN(C2CCCCC2SC)CC1. The van der Waals surface area contributed by atoms with Crippen molar-refractivity contribution in [2.45, 2.75) is 55.9 Å². The van der Waals surface area contributed by atoms with Gasteiger partial charge in [-0.3, -0.25) is 4.90 Å². The number of piperidine rings is 1. The van der Waals surface area contributed by atoms with Gasteiger partial charge in [0, 0.05) is 17.3 Å². The predicted octanol–water partition coefficient (Wildman–Crippen LogP) is 2.34. The van der Waals surface area contributed by atoms with Crippen LogP contribution in [0.3, 0.4) is 0 Å². The minimum atomic E-state index is 0.771. The van der Waals surface area contributed by atoms with Crippen LogP contribution in [0.2, 0.25) is 0 Å². The van der Waals surface area contributed by atoms with Crippen LogP contribution in [0.5, 0.6) is 0 Å². The molecule has 2 nitrogen and oxygen atoms in total. The first-order valence-corrected chi connectivity index (χ1v) is 8.08. The topological polar surface area (TPSA) is 15.3 Å². The summed E-state index contributed by atoms with van der Waals surface area (Å²) in [5.74, 6) is 0.